The van der Waals surface area contributed by atoms with Gasteiger partial charge in [-0.1, -0.05) is 18.2 Å². The summed E-state index contributed by atoms with van der Waals surface area (Å²) in [5, 5.41) is 0. The van der Waals surface area contributed by atoms with Crippen molar-refractivity contribution >= 4 is 11.8 Å². The van der Waals surface area contributed by atoms with Gasteiger partial charge in [0.15, 0.2) is 0 Å². The molecule has 0 radical (unpaired) electrons. The third-order valence-corrected chi connectivity index (χ3v) is 4.28. The fourth-order valence-corrected chi connectivity index (χ4v) is 3.11. The molecular weight excluding hydrogens is 230 g/mol. The SMILES string of the molecule is CSc1ccccc1C(N)CC1CCOCC1. The first-order valence-electron chi connectivity index (χ1n) is 6.27. The monoisotopic (exact) mass is 251 g/mol. The van der Waals surface area contributed by atoms with Gasteiger partial charge in [-0.3, -0.25) is 0 Å². The predicted molar refractivity (Wildman–Crippen MR) is 73.3 cm³/mol. The molecule has 1 aliphatic heterocycles. The number of nitrogens with two attached hydrogens (primary N) is 1. The highest BCUT2D eigenvalue weighted by Crippen LogP contribution is 2.30. The molecule has 0 bridgehead atoms. The van der Waals surface area contributed by atoms with E-state index in [1.807, 2.05) is 0 Å². The zero-order valence-electron chi connectivity index (χ0n) is 10.4. The Bertz CT molecular complexity index is 350. The number of thioether (sulfide) groups is 1. The summed E-state index contributed by atoms with van der Waals surface area (Å²) < 4.78 is 5.39. The molecule has 1 unspecified atom stereocenters. The lowest BCUT2D eigenvalue weighted by Crippen LogP contribution is -2.21. The van der Waals surface area contributed by atoms with Gasteiger partial charge < -0.3 is 10.5 Å². The molecule has 2 nitrogen and oxygen atoms in total. The zero-order chi connectivity index (χ0) is 12.1. The second kappa shape index (κ2) is 6.43. The molecule has 0 saturated carbocycles. The summed E-state index contributed by atoms with van der Waals surface area (Å²) in [4.78, 5) is 1.31. The average Bonchev–Trinajstić information content (AvgIpc) is 2.40. The molecule has 3 heteroatoms. The number of rotatable bonds is 4. The molecule has 94 valence electrons. The zero-order valence-corrected chi connectivity index (χ0v) is 11.2. The number of benzene rings is 1. The van der Waals surface area contributed by atoms with E-state index in [1.165, 1.54) is 10.5 Å². The fourth-order valence-electron chi connectivity index (χ4n) is 2.44. The van der Waals surface area contributed by atoms with E-state index in [2.05, 4.69) is 30.5 Å². The van der Waals surface area contributed by atoms with Crippen LogP contribution in [0.3, 0.4) is 0 Å². The highest BCUT2D eigenvalue weighted by Gasteiger charge is 2.19. The quantitative estimate of drug-likeness (QED) is 0.834. The van der Waals surface area contributed by atoms with Crippen LogP contribution in [0, 0.1) is 5.92 Å². The fraction of sp³-hybridized carbons (Fsp3) is 0.571. The van der Waals surface area contributed by atoms with Crippen LogP contribution in [0.25, 0.3) is 0 Å². The molecule has 1 atom stereocenters. The van der Waals surface area contributed by atoms with Gasteiger partial charge in [-0.25, -0.2) is 0 Å². The average molecular weight is 251 g/mol. The van der Waals surface area contributed by atoms with Gasteiger partial charge >= 0.3 is 0 Å². The van der Waals surface area contributed by atoms with Crippen molar-refractivity contribution in [2.24, 2.45) is 11.7 Å². The van der Waals surface area contributed by atoms with Gasteiger partial charge in [0.25, 0.3) is 0 Å². The van der Waals surface area contributed by atoms with Crippen molar-refractivity contribution in [1.29, 1.82) is 0 Å². The summed E-state index contributed by atoms with van der Waals surface area (Å²) in [5.74, 6) is 0.730. The smallest absolute Gasteiger partial charge is 0.0468 e. The third-order valence-electron chi connectivity index (χ3n) is 3.47. The summed E-state index contributed by atoms with van der Waals surface area (Å²) in [6, 6.07) is 8.65. The summed E-state index contributed by atoms with van der Waals surface area (Å²) in [5.41, 5.74) is 7.65. The predicted octanol–water partition coefficient (Wildman–Crippen LogP) is 3.23. The van der Waals surface area contributed by atoms with Crippen LogP contribution in [0.5, 0.6) is 0 Å². The Labute approximate surface area is 108 Å². The third kappa shape index (κ3) is 3.47. The molecule has 0 aromatic heterocycles. The Balaban J connectivity index is 2.00. The maximum absolute atomic E-state index is 6.35. The van der Waals surface area contributed by atoms with Crippen LogP contribution in [-0.4, -0.2) is 19.5 Å². The highest BCUT2D eigenvalue weighted by molar-refractivity contribution is 7.98. The minimum Gasteiger partial charge on any atom is -0.381 e. The van der Waals surface area contributed by atoms with Crippen molar-refractivity contribution in [3.63, 3.8) is 0 Å². The molecule has 1 fully saturated rings. The van der Waals surface area contributed by atoms with Crippen LogP contribution in [0.1, 0.15) is 30.9 Å². The number of ether oxygens (including phenoxy) is 1. The van der Waals surface area contributed by atoms with Crippen molar-refractivity contribution in [2.45, 2.75) is 30.2 Å². The van der Waals surface area contributed by atoms with Crippen LogP contribution < -0.4 is 5.73 Å². The van der Waals surface area contributed by atoms with Crippen molar-refractivity contribution in [2.75, 3.05) is 19.5 Å². The van der Waals surface area contributed by atoms with Crippen LogP contribution >= 0.6 is 11.8 Å². The molecule has 2 N–H and O–H groups in total. The number of hydrogen-bond acceptors (Lipinski definition) is 3. The first kappa shape index (κ1) is 12.9. The van der Waals surface area contributed by atoms with E-state index in [1.54, 1.807) is 11.8 Å². The van der Waals surface area contributed by atoms with Gasteiger partial charge in [-0.2, -0.15) is 0 Å². The number of hydrogen-bond donors (Lipinski definition) is 1. The molecule has 17 heavy (non-hydrogen) atoms. The molecule has 1 heterocycles. The van der Waals surface area contributed by atoms with Gasteiger partial charge in [-0.15, -0.1) is 11.8 Å². The molecule has 0 aliphatic carbocycles. The molecule has 0 amide bonds. The van der Waals surface area contributed by atoms with Crippen molar-refractivity contribution in [1.82, 2.24) is 0 Å². The molecule has 1 aliphatic rings. The highest BCUT2D eigenvalue weighted by atomic mass is 32.2. The van der Waals surface area contributed by atoms with Crippen LogP contribution in [0.2, 0.25) is 0 Å². The van der Waals surface area contributed by atoms with E-state index in [0.29, 0.717) is 0 Å². The van der Waals surface area contributed by atoms with E-state index in [0.717, 1.165) is 38.4 Å². The van der Waals surface area contributed by atoms with Crippen molar-refractivity contribution < 1.29 is 4.74 Å². The molecule has 1 saturated heterocycles. The lowest BCUT2D eigenvalue weighted by Gasteiger charge is -2.25. The normalized spacial score (nSPS) is 19.2. The Morgan fingerprint density at radius 2 is 2.06 bits per heavy atom. The summed E-state index contributed by atoms with van der Waals surface area (Å²) >= 11 is 1.78. The Hall–Kier alpha value is -0.510. The Morgan fingerprint density at radius 3 is 2.76 bits per heavy atom. The van der Waals surface area contributed by atoms with Crippen LogP contribution in [0.15, 0.2) is 29.2 Å². The van der Waals surface area contributed by atoms with Crippen LogP contribution in [0.4, 0.5) is 0 Å². The first-order chi connectivity index (χ1) is 8.31. The minimum absolute atomic E-state index is 0.168. The summed E-state index contributed by atoms with van der Waals surface area (Å²) in [6.07, 6.45) is 5.52. The van der Waals surface area contributed by atoms with Gasteiger partial charge in [0, 0.05) is 24.2 Å². The summed E-state index contributed by atoms with van der Waals surface area (Å²) in [7, 11) is 0. The minimum atomic E-state index is 0.168. The van der Waals surface area contributed by atoms with E-state index >= 15 is 0 Å². The second-order valence-electron chi connectivity index (χ2n) is 4.64. The topological polar surface area (TPSA) is 35.2 Å². The maximum Gasteiger partial charge on any atom is 0.0468 e. The van der Waals surface area contributed by atoms with Gasteiger partial charge in [-0.05, 0) is 43.1 Å². The Kier molecular flexibility index (Phi) is 4.89. The van der Waals surface area contributed by atoms with E-state index in [9.17, 15) is 0 Å². The maximum atomic E-state index is 6.35. The summed E-state index contributed by atoms with van der Waals surface area (Å²) in [6.45, 7) is 1.81. The van der Waals surface area contributed by atoms with Gasteiger partial charge in [0.1, 0.15) is 0 Å². The van der Waals surface area contributed by atoms with Gasteiger partial charge in [0.2, 0.25) is 0 Å². The molecule has 1 aromatic rings. The first-order valence-corrected chi connectivity index (χ1v) is 7.50. The molecule has 1 aromatic carbocycles. The van der Waals surface area contributed by atoms with Crippen LogP contribution in [-0.2, 0) is 4.74 Å². The van der Waals surface area contributed by atoms with Crippen molar-refractivity contribution in [3.8, 4) is 0 Å². The molecular formula is C14H21NOS. The van der Waals surface area contributed by atoms with Gasteiger partial charge in [0.05, 0.1) is 0 Å². The molecule has 2 rings (SSSR count). The Morgan fingerprint density at radius 1 is 1.35 bits per heavy atom. The van der Waals surface area contributed by atoms with E-state index in [-0.39, 0.29) is 6.04 Å². The molecule has 0 spiro atoms. The largest absolute Gasteiger partial charge is 0.381 e. The standard InChI is InChI=1S/C14H21NOS/c1-17-14-5-3-2-4-12(14)13(15)10-11-6-8-16-9-7-11/h2-5,11,13H,6-10,15H2,1H3. The van der Waals surface area contributed by atoms with E-state index < -0.39 is 0 Å². The van der Waals surface area contributed by atoms with E-state index in [4.69, 9.17) is 10.5 Å². The lowest BCUT2D eigenvalue weighted by atomic mass is 9.90. The second-order valence-corrected chi connectivity index (χ2v) is 5.49. The van der Waals surface area contributed by atoms with Crippen molar-refractivity contribution in [3.05, 3.63) is 29.8 Å². The lowest BCUT2D eigenvalue weighted by molar-refractivity contribution is 0.0618.